The molecule has 1 unspecified atom stereocenters. The summed E-state index contributed by atoms with van der Waals surface area (Å²) >= 11 is 0.537. The topological polar surface area (TPSA) is 12.0 Å². The minimum atomic E-state index is -2.40. The molecule has 5 heteroatoms. The Kier molecular flexibility index (Phi) is 4.10. The predicted molar refractivity (Wildman–Crippen MR) is 79.4 cm³/mol. The van der Waals surface area contributed by atoms with Gasteiger partial charge in [-0.3, -0.25) is 0 Å². The Morgan fingerprint density at radius 2 is 1.86 bits per heavy atom. The summed E-state index contributed by atoms with van der Waals surface area (Å²) in [7, 11) is 0. The molecule has 1 atom stereocenters. The minimum absolute atomic E-state index is 0.147. The number of hydrogen-bond acceptors (Lipinski definition) is 2. The maximum atomic E-state index is 13.2. The Hall–Kier alpha value is -1.62. The number of aryl methyl sites for hydroxylation is 1. The second-order valence-corrected chi connectivity index (χ2v) is 6.05. The summed E-state index contributed by atoms with van der Waals surface area (Å²) < 4.78 is 37.7. The van der Waals surface area contributed by atoms with E-state index in [1.807, 2.05) is 6.07 Å². The standard InChI is InChI=1S/C16H14F3NS/c17-11-2-7-14-10(9-11)1-8-15(14)20-12-3-5-13(6-4-12)21-16(18)19/h2-7,9,15-16,20H,1,8H2. The van der Waals surface area contributed by atoms with E-state index in [0.717, 1.165) is 29.7 Å². The van der Waals surface area contributed by atoms with E-state index < -0.39 is 5.76 Å². The van der Waals surface area contributed by atoms with Crippen LogP contribution >= 0.6 is 11.8 Å². The van der Waals surface area contributed by atoms with Gasteiger partial charge in [-0.15, -0.1) is 0 Å². The highest BCUT2D eigenvalue weighted by Crippen LogP contribution is 2.34. The van der Waals surface area contributed by atoms with Crippen LogP contribution in [0.4, 0.5) is 18.9 Å². The number of alkyl halides is 2. The third-order valence-corrected chi connectivity index (χ3v) is 4.33. The van der Waals surface area contributed by atoms with E-state index in [0.29, 0.717) is 16.7 Å². The van der Waals surface area contributed by atoms with Crippen LogP contribution in [0.25, 0.3) is 0 Å². The van der Waals surface area contributed by atoms with E-state index in [1.165, 1.54) is 6.07 Å². The van der Waals surface area contributed by atoms with Gasteiger partial charge < -0.3 is 5.32 Å². The van der Waals surface area contributed by atoms with Crippen molar-refractivity contribution in [2.24, 2.45) is 0 Å². The Morgan fingerprint density at radius 3 is 2.57 bits per heavy atom. The van der Waals surface area contributed by atoms with E-state index in [9.17, 15) is 13.2 Å². The van der Waals surface area contributed by atoms with Crippen molar-refractivity contribution in [3.8, 4) is 0 Å². The third-order valence-electron chi connectivity index (χ3n) is 3.60. The van der Waals surface area contributed by atoms with Crippen molar-refractivity contribution in [2.75, 3.05) is 5.32 Å². The van der Waals surface area contributed by atoms with Gasteiger partial charge in [0.1, 0.15) is 5.82 Å². The molecular formula is C16H14F3NS. The smallest absolute Gasteiger partial charge is 0.288 e. The number of anilines is 1. The molecule has 1 aliphatic rings. The number of rotatable bonds is 4. The van der Waals surface area contributed by atoms with Gasteiger partial charge in [-0.1, -0.05) is 17.8 Å². The zero-order chi connectivity index (χ0) is 14.8. The van der Waals surface area contributed by atoms with E-state index in [2.05, 4.69) is 5.32 Å². The first kappa shape index (κ1) is 14.3. The zero-order valence-corrected chi connectivity index (χ0v) is 12.0. The molecule has 1 nitrogen and oxygen atoms in total. The average Bonchev–Trinajstić information content (AvgIpc) is 2.83. The monoisotopic (exact) mass is 309 g/mol. The fourth-order valence-corrected chi connectivity index (χ4v) is 3.17. The highest BCUT2D eigenvalue weighted by molar-refractivity contribution is 7.99. The van der Waals surface area contributed by atoms with Crippen LogP contribution in [0.2, 0.25) is 0 Å². The first-order valence-corrected chi connectivity index (χ1v) is 7.59. The lowest BCUT2D eigenvalue weighted by Gasteiger charge is -2.16. The SMILES string of the molecule is Fc1ccc2c(c1)CCC2Nc1ccc(SC(F)F)cc1. The Morgan fingerprint density at radius 1 is 1.10 bits per heavy atom. The van der Waals surface area contributed by atoms with Gasteiger partial charge in [0.15, 0.2) is 0 Å². The Labute approximate surface area is 125 Å². The van der Waals surface area contributed by atoms with Gasteiger partial charge in [0, 0.05) is 10.6 Å². The summed E-state index contributed by atoms with van der Waals surface area (Å²) in [6, 6.07) is 12.0. The van der Waals surface area contributed by atoms with Crippen LogP contribution in [0.5, 0.6) is 0 Å². The lowest BCUT2D eigenvalue weighted by molar-refractivity contribution is 0.252. The van der Waals surface area contributed by atoms with Crippen molar-refractivity contribution in [1.82, 2.24) is 0 Å². The van der Waals surface area contributed by atoms with Crippen molar-refractivity contribution >= 4 is 17.4 Å². The van der Waals surface area contributed by atoms with Gasteiger partial charge in [-0.2, -0.15) is 8.78 Å². The summed E-state index contributed by atoms with van der Waals surface area (Å²) in [6.07, 6.45) is 1.76. The summed E-state index contributed by atoms with van der Waals surface area (Å²) in [6.45, 7) is 0. The van der Waals surface area contributed by atoms with Crippen LogP contribution in [-0.2, 0) is 6.42 Å². The van der Waals surface area contributed by atoms with Crippen LogP contribution in [0.1, 0.15) is 23.6 Å². The van der Waals surface area contributed by atoms with Crippen molar-refractivity contribution < 1.29 is 13.2 Å². The summed E-state index contributed by atoms with van der Waals surface area (Å²) in [4.78, 5) is 0.546. The molecule has 0 aromatic heterocycles. The van der Waals surface area contributed by atoms with Gasteiger partial charge >= 0.3 is 0 Å². The molecule has 2 aromatic rings. The number of halogens is 3. The molecule has 1 aliphatic carbocycles. The van der Waals surface area contributed by atoms with Crippen molar-refractivity contribution in [2.45, 2.75) is 29.5 Å². The maximum Gasteiger partial charge on any atom is 0.288 e. The Bertz CT molecular complexity index is 628. The Balaban J connectivity index is 1.71. The van der Waals surface area contributed by atoms with Crippen molar-refractivity contribution in [1.29, 1.82) is 0 Å². The molecular weight excluding hydrogens is 295 g/mol. The number of nitrogens with one attached hydrogen (secondary N) is 1. The van der Waals surface area contributed by atoms with E-state index >= 15 is 0 Å². The van der Waals surface area contributed by atoms with E-state index in [4.69, 9.17) is 0 Å². The summed E-state index contributed by atoms with van der Waals surface area (Å²) in [5.41, 5.74) is 3.04. The zero-order valence-electron chi connectivity index (χ0n) is 11.2. The second-order valence-electron chi connectivity index (χ2n) is 4.98. The number of benzene rings is 2. The molecule has 0 bridgehead atoms. The fourth-order valence-electron chi connectivity index (χ4n) is 2.67. The molecule has 0 spiro atoms. The molecule has 0 aliphatic heterocycles. The van der Waals surface area contributed by atoms with E-state index in [1.54, 1.807) is 30.3 Å². The van der Waals surface area contributed by atoms with Gasteiger partial charge in [0.2, 0.25) is 0 Å². The van der Waals surface area contributed by atoms with Gasteiger partial charge in [0.05, 0.1) is 6.04 Å². The average molecular weight is 309 g/mol. The third kappa shape index (κ3) is 3.35. The fraction of sp³-hybridized carbons (Fsp3) is 0.250. The number of fused-ring (bicyclic) bond motifs is 1. The molecule has 1 N–H and O–H groups in total. The first-order chi connectivity index (χ1) is 10.1. The van der Waals surface area contributed by atoms with Crippen LogP contribution < -0.4 is 5.32 Å². The molecule has 0 fully saturated rings. The molecule has 21 heavy (non-hydrogen) atoms. The highest BCUT2D eigenvalue weighted by atomic mass is 32.2. The summed E-state index contributed by atoms with van der Waals surface area (Å²) in [5.74, 6) is -2.61. The van der Waals surface area contributed by atoms with Crippen LogP contribution in [0.15, 0.2) is 47.4 Å². The molecule has 0 saturated heterocycles. The van der Waals surface area contributed by atoms with Gasteiger partial charge in [0.25, 0.3) is 5.76 Å². The molecule has 0 heterocycles. The highest BCUT2D eigenvalue weighted by Gasteiger charge is 2.22. The van der Waals surface area contributed by atoms with Crippen molar-refractivity contribution in [3.63, 3.8) is 0 Å². The number of hydrogen-bond donors (Lipinski definition) is 1. The maximum absolute atomic E-state index is 13.2. The molecule has 0 amide bonds. The lowest BCUT2D eigenvalue weighted by Crippen LogP contribution is -2.06. The molecule has 0 radical (unpaired) electrons. The molecule has 2 aromatic carbocycles. The van der Waals surface area contributed by atoms with Crippen molar-refractivity contribution in [3.05, 3.63) is 59.4 Å². The quantitative estimate of drug-likeness (QED) is 0.775. The first-order valence-electron chi connectivity index (χ1n) is 6.71. The van der Waals surface area contributed by atoms with Gasteiger partial charge in [-0.25, -0.2) is 4.39 Å². The largest absolute Gasteiger partial charge is 0.378 e. The van der Waals surface area contributed by atoms with Crippen LogP contribution in [0, 0.1) is 5.82 Å². The molecule has 0 saturated carbocycles. The van der Waals surface area contributed by atoms with Crippen LogP contribution in [0.3, 0.4) is 0 Å². The molecule has 110 valence electrons. The number of thioether (sulfide) groups is 1. The summed E-state index contributed by atoms with van der Waals surface area (Å²) in [5, 5.41) is 3.38. The molecule has 3 rings (SSSR count). The van der Waals surface area contributed by atoms with Gasteiger partial charge in [-0.05, 0) is 60.4 Å². The normalized spacial score (nSPS) is 17.0. The second kappa shape index (κ2) is 6.02. The lowest BCUT2D eigenvalue weighted by atomic mass is 10.1. The van der Waals surface area contributed by atoms with Crippen LogP contribution in [-0.4, -0.2) is 5.76 Å². The van der Waals surface area contributed by atoms with E-state index in [-0.39, 0.29) is 11.9 Å². The minimum Gasteiger partial charge on any atom is -0.378 e. The predicted octanol–water partition coefficient (Wildman–Crippen LogP) is 5.24.